The fourth-order valence-electron chi connectivity index (χ4n) is 0.515. The Morgan fingerprint density at radius 2 is 1.89 bits per heavy atom. The quantitative estimate of drug-likeness (QED) is 0.575. The van der Waals surface area contributed by atoms with Gasteiger partial charge in [0.2, 0.25) is 0 Å². The first-order valence-electron chi connectivity index (χ1n) is 3.55. The number of hydrogen-bond donors (Lipinski definition) is 1. The number of rotatable bonds is 3. The van der Waals surface area contributed by atoms with Crippen molar-refractivity contribution in [1.82, 2.24) is 0 Å². The maximum Gasteiger partial charge on any atom is 0.0106 e. The SMILES string of the molecule is CC(C)[C@@H](C)/C=C\CN. The molecule has 0 aliphatic carbocycles. The number of nitrogens with two attached hydrogens (primary N) is 1. The summed E-state index contributed by atoms with van der Waals surface area (Å²) >= 11 is 0. The molecule has 0 radical (unpaired) electrons. The third-order valence-electron chi connectivity index (χ3n) is 1.63. The van der Waals surface area contributed by atoms with Crippen LogP contribution < -0.4 is 5.73 Å². The summed E-state index contributed by atoms with van der Waals surface area (Å²) in [5, 5.41) is 0. The molecule has 54 valence electrons. The summed E-state index contributed by atoms with van der Waals surface area (Å²) in [6.07, 6.45) is 4.19. The Morgan fingerprint density at radius 1 is 1.33 bits per heavy atom. The minimum absolute atomic E-state index is 0.661. The molecule has 1 nitrogen and oxygen atoms in total. The molecule has 0 aliphatic heterocycles. The molecule has 0 saturated heterocycles. The normalized spacial score (nSPS) is 15.2. The van der Waals surface area contributed by atoms with E-state index in [1.807, 2.05) is 6.08 Å². The van der Waals surface area contributed by atoms with Gasteiger partial charge < -0.3 is 5.73 Å². The molecule has 1 heteroatoms. The first-order valence-corrected chi connectivity index (χ1v) is 3.55. The minimum atomic E-state index is 0.661. The summed E-state index contributed by atoms with van der Waals surface area (Å²) in [5.41, 5.74) is 5.29. The van der Waals surface area contributed by atoms with Gasteiger partial charge in [0.1, 0.15) is 0 Å². The average molecular weight is 127 g/mol. The Balaban J connectivity index is 3.48. The molecule has 0 bridgehead atoms. The second-order valence-corrected chi connectivity index (χ2v) is 2.77. The lowest BCUT2D eigenvalue weighted by Gasteiger charge is -2.08. The van der Waals surface area contributed by atoms with Gasteiger partial charge >= 0.3 is 0 Å². The zero-order valence-corrected chi connectivity index (χ0v) is 6.59. The number of allylic oxidation sites excluding steroid dienone is 1. The molecule has 0 heterocycles. The van der Waals surface area contributed by atoms with Gasteiger partial charge in [0.15, 0.2) is 0 Å². The summed E-state index contributed by atoms with van der Waals surface area (Å²) in [4.78, 5) is 0. The summed E-state index contributed by atoms with van der Waals surface area (Å²) in [6, 6.07) is 0. The van der Waals surface area contributed by atoms with Gasteiger partial charge in [-0.05, 0) is 11.8 Å². The highest BCUT2D eigenvalue weighted by Gasteiger charge is 1.99. The van der Waals surface area contributed by atoms with Gasteiger partial charge in [0.05, 0.1) is 0 Å². The summed E-state index contributed by atoms with van der Waals surface area (Å²) in [7, 11) is 0. The van der Waals surface area contributed by atoms with Crippen LogP contribution in [0.1, 0.15) is 20.8 Å². The summed E-state index contributed by atoms with van der Waals surface area (Å²) < 4.78 is 0. The zero-order valence-electron chi connectivity index (χ0n) is 6.59. The van der Waals surface area contributed by atoms with Crippen LogP contribution in [0, 0.1) is 11.8 Å². The maximum atomic E-state index is 5.29. The Bertz CT molecular complexity index is 84.6. The van der Waals surface area contributed by atoms with Gasteiger partial charge in [0, 0.05) is 6.54 Å². The van der Waals surface area contributed by atoms with Gasteiger partial charge in [0.25, 0.3) is 0 Å². The monoisotopic (exact) mass is 127 g/mol. The molecule has 0 rings (SSSR count). The minimum Gasteiger partial charge on any atom is -0.327 e. The molecule has 0 spiro atoms. The smallest absolute Gasteiger partial charge is 0.0106 e. The van der Waals surface area contributed by atoms with Gasteiger partial charge in [-0.3, -0.25) is 0 Å². The molecule has 0 amide bonds. The fraction of sp³-hybridized carbons (Fsp3) is 0.750. The van der Waals surface area contributed by atoms with E-state index in [-0.39, 0.29) is 0 Å². The van der Waals surface area contributed by atoms with E-state index in [4.69, 9.17) is 5.73 Å². The lowest BCUT2D eigenvalue weighted by molar-refractivity contribution is 0.503. The topological polar surface area (TPSA) is 26.0 Å². The van der Waals surface area contributed by atoms with Crippen molar-refractivity contribution in [3.63, 3.8) is 0 Å². The maximum absolute atomic E-state index is 5.29. The van der Waals surface area contributed by atoms with E-state index in [9.17, 15) is 0 Å². The molecule has 0 aromatic carbocycles. The van der Waals surface area contributed by atoms with Crippen LogP contribution in [0.15, 0.2) is 12.2 Å². The molecule has 0 aromatic rings. The van der Waals surface area contributed by atoms with Crippen LogP contribution in [0.4, 0.5) is 0 Å². The molecule has 0 aromatic heterocycles. The largest absolute Gasteiger partial charge is 0.327 e. The van der Waals surface area contributed by atoms with Crippen LogP contribution in [0.25, 0.3) is 0 Å². The van der Waals surface area contributed by atoms with Crippen molar-refractivity contribution < 1.29 is 0 Å². The predicted octanol–water partition coefficient (Wildman–Crippen LogP) is 1.79. The second-order valence-electron chi connectivity index (χ2n) is 2.77. The Kier molecular flexibility index (Phi) is 4.41. The third-order valence-corrected chi connectivity index (χ3v) is 1.63. The molecule has 0 fully saturated rings. The first-order chi connectivity index (χ1) is 4.18. The van der Waals surface area contributed by atoms with Crippen LogP contribution >= 0.6 is 0 Å². The standard InChI is InChI=1S/C8H17N/c1-7(2)8(3)5-4-6-9/h4-5,7-8H,6,9H2,1-3H3/b5-4-/t8-/m0/s1. The summed E-state index contributed by atoms with van der Waals surface area (Å²) in [6.45, 7) is 7.30. The number of hydrogen-bond acceptors (Lipinski definition) is 1. The van der Waals surface area contributed by atoms with Gasteiger partial charge in [-0.15, -0.1) is 0 Å². The van der Waals surface area contributed by atoms with Gasteiger partial charge in [-0.25, -0.2) is 0 Å². The predicted molar refractivity (Wildman–Crippen MR) is 42.2 cm³/mol. The lowest BCUT2D eigenvalue weighted by atomic mass is 9.98. The molecule has 2 N–H and O–H groups in total. The lowest BCUT2D eigenvalue weighted by Crippen LogP contribution is -2.01. The van der Waals surface area contributed by atoms with Crippen LogP contribution in [-0.4, -0.2) is 6.54 Å². The Morgan fingerprint density at radius 3 is 2.22 bits per heavy atom. The van der Waals surface area contributed by atoms with Crippen LogP contribution in [0.3, 0.4) is 0 Å². The fourth-order valence-corrected chi connectivity index (χ4v) is 0.515. The molecule has 1 atom stereocenters. The molecule has 0 saturated carbocycles. The van der Waals surface area contributed by atoms with Gasteiger partial charge in [-0.2, -0.15) is 0 Å². The molecule has 9 heavy (non-hydrogen) atoms. The third kappa shape index (κ3) is 4.22. The van der Waals surface area contributed by atoms with Crippen molar-refractivity contribution in [3.05, 3.63) is 12.2 Å². The van der Waals surface area contributed by atoms with Crippen molar-refractivity contribution in [2.24, 2.45) is 17.6 Å². The van der Waals surface area contributed by atoms with E-state index in [1.165, 1.54) is 0 Å². The van der Waals surface area contributed by atoms with Crippen molar-refractivity contribution >= 4 is 0 Å². The van der Waals surface area contributed by atoms with E-state index < -0.39 is 0 Å². The average Bonchev–Trinajstić information content (AvgIpc) is 1.82. The summed E-state index contributed by atoms with van der Waals surface area (Å²) in [5.74, 6) is 1.39. The van der Waals surface area contributed by atoms with E-state index in [0.29, 0.717) is 12.5 Å². The molecular weight excluding hydrogens is 110 g/mol. The highest BCUT2D eigenvalue weighted by molar-refractivity contribution is 4.88. The second kappa shape index (κ2) is 4.57. The first kappa shape index (κ1) is 8.70. The highest BCUT2D eigenvalue weighted by atomic mass is 14.5. The Hall–Kier alpha value is -0.300. The zero-order chi connectivity index (χ0) is 7.28. The van der Waals surface area contributed by atoms with Crippen LogP contribution in [0.2, 0.25) is 0 Å². The van der Waals surface area contributed by atoms with E-state index in [0.717, 1.165) is 5.92 Å². The highest BCUT2D eigenvalue weighted by Crippen LogP contribution is 2.09. The van der Waals surface area contributed by atoms with E-state index in [2.05, 4.69) is 26.8 Å². The molecule has 0 unspecified atom stereocenters. The van der Waals surface area contributed by atoms with Crippen molar-refractivity contribution in [2.45, 2.75) is 20.8 Å². The van der Waals surface area contributed by atoms with Crippen molar-refractivity contribution in [1.29, 1.82) is 0 Å². The van der Waals surface area contributed by atoms with Crippen LogP contribution in [-0.2, 0) is 0 Å². The van der Waals surface area contributed by atoms with Gasteiger partial charge in [-0.1, -0.05) is 32.9 Å². The van der Waals surface area contributed by atoms with E-state index >= 15 is 0 Å². The van der Waals surface area contributed by atoms with Crippen molar-refractivity contribution in [2.75, 3.05) is 6.54 Å². The molecular formula is C8H17N. The van der Waals surface area contributed by atoms with Crippen LogP contribution in [0.5, 0.6) is 0 Å². The molecule has 0 aliphatic rings. The van der Waals surface area contributed by atoms with E-state index in [1.54, 1.807) is 0 Å². The Labute approximate surface area is 57.9 Å². The van der Waals surface area contributed by atoms with Crippen molar-refractivity contribution in [3.8, 4) is 0 Å².